The van der Waals surface area contributed by atoms with Gasteiger partial charge in [-0.15, -0.1) is 10.2 Å². The molecule has 10 heteroatoms. The number of hydrogen-bond donors (Lipinski definition) is 1. The fraction of sp³-hybridized carbons (Fsp3) is 0.480. The zero-order chi connectivity index (χ0) is 24.6. The van der Waals surface area contributed by atoms with Crippen molar-refractivity contribution < 1.29 is 19.0 Å². The fourth-order valence-electron chi connectivity index (χ4n) is 4.15. The van der Waals surface area contributed by atoms with E-state index in [2.05, 4.69) is 20.4 Å². The second-order valence-electron chi connectivity index (χ2n) is 8.18. The second kappa shape index (κ2) is 11.9. The molecule has 1 N–H and O–H groups in total. The van der Waals surface area contributed by atoms with Crippen molar-refractivity contribution in [3.8, 4) is 22.4 Å². The Morgan fingerprint density at radius 2 is 1.69 bits per heavy atom. The molecule has 4 rings (SSSR count). The molecule has 0 bridgehead atoms. The molecule has 0 aliphatic carbocycles. The molecule has 188 valence electrons. The molecule has 1 aliphatic heterocycles. The highest BCUT2D eigenvalue weighted by Crippen LogP contribution is 2.39. The van der Waals surface area contributed by atoms with Crippen LogP contribution in [0, 0.1) is 5.92 Å². The van der Waals surface area contributed by atoms with Gasteiger partial charge in [-0.25, -0.2) is 0 Å². The lowest BCUT2D eigenvalue weighted by molar-refractivity contribution is -0.125. The number of anilines is 1. The average molecular weight is 500 g/mol. The van der Waals surface area contributed by atoms with Crippen LogP contribution in [0.5, 0.6) is 17.2 Å². The van der Waals surface area contributed by atoms with Crippen molar-refractivity contribution in [1.82, 2.24) is 20.1 Å². The standard InChI is InChI=1S/C25H33N5O4S/c1-4-32-20-14-18(15-21(33-5-2)22(20)34-6-3)16-26-23(31)19-10-9-13-30(17-19)25-28-27-24(35-25)29-11-7-8-12-29/h7-8,11-12,14-15,19H,4-6,9-10,13,16-17H2,1-3H3,(H,26,31)/t19-/m0/s1. The number of piperidine rings is 1. The molecule has 0 radical (unpaired) electrons. The van der Waals surface area contributed by atoms with Gasteiger partial charge in [0.1, 0.15) is 0 Å². The second-order valence-corrected chi connectivity index (χ2v) is 9.12. The Kier molecular flexibility index (Phi) is 8.46. The summed E-state index contributed by atoms with van der Waals surface area (Å²) < 4.78 is 19.3. The summed E-state index contributed by atoms with van der Waals surface area (Å²) in [6.45, 7) is 9.21. The van der Waals surface area contributed by atoms with E-state index < -0.39 is 0 Å². The van der Waals surface area contributed by atoms with E-state index in [1.54, 1.807) is 0 Å². The zero-order valence-corrected chi connectivity index (χ0v) is 21.3. The number of amides is 1. The molecule has 3 heterocycles. The Hall–Kier alpha value is -3.27. The summed E-state index contributed by atoms with van der Waals surface area (Å²) in [5, 5.41) is 13.4. The summed E-state index contributed by atoms with van der Waals surface area (Å²) in [4.78, 5) is 15.2. The van der Waals surface area contributed by atoms with Crippen LogP contribution in [0.1, 0.15) is 39.2 Å². The maximum absolute atomic E-state index is 13.1. The van der Waals surface area contributed by atoms with E-state index in [9.17, 15) is 4.79 Å². The van der Waals surface area contributed by atoms with Crippen molar-refractivity contribution in [2.45, 2.75) is 40.2 Å². The van der Waals surface area contributed by atoms with Gasteiger partial charge in [0.2, 0.25) is 21.9 Å². The first kappa shape index (κ1) is 24.8. The molecule has 9 nitrogen and oxygen atoms in total. The van der Waals surface area contributed by atoms with Crippen LogP contribution in [0.15, 0.2) is 36.7 Å². The van der Waals surface area contributed by atoms with Crippen molar-refractivity contribution in [2.75, 3.05) is 37.8 Å². The van der Waals surface area contributed by atoms with Crippen LogP contribution in [0.25, 0.3) is 5.13 Å². The molecular formula is C25H33N5O4S. The number of carbonyl (C=O) groups excluding carboxylic acids is 1. The first-order valence-corrected chi connectivity index (χ1v) is 13.0. The highest BCUT2D eigenvalue weighted by molar-refractivity contribution is 7.17. The summed E-state index contributed by atoms with van der Waals surface area (Å²) in [6.07, 6.45) is 5.68. The lowest BCUT2D eigenvalue weighted by Gasteiger charge is -2.31. The van der Waals surface area contributed by atoms with E-state index in [0.29, 0.717) is 50.2 Å². The molecule has 2 aromatic heterocycles. The Morgan fingerprint density at radius 3 is 2.34 bits per heavy atom. The predicted molar refractivity (Wildman–Crippen MR) is 136 cm³/mol. The Morgan fingerprint density at radius 1 is 1.03 bits per heavy atom. The largest absolute Gasteiger partial charge is 0.490 e. The summed E-state index contributed by atoms with van der Waals surface area (Å²) >= 11 is 1.53. The van der Waals surface area contributed by atoms with E-state index in [-0.39, 0.29) is 11.8 Å². The molecule has 1 saturated heterocycles. The Bertz CT molecular complexity index is 1070. The van der Waals surface area contributed by atoms with Crippen LogP contribution >= 0.6 is 11.3 Å². The van der Waals surface area contributed by atoms with Gasteiger partial charge in [-0.1, -0.05) is 11.3 Å². The Balaban J connectivity index is 1.40. The summed E-state index contributed by atoms with van der Waals surface area (Å²) in [5.41, 5.74) is 0.904. The summed E-state index contributed by atoms with van der Waals surface area (Å²) in [7, 11) is 0. The van der Waals surface area contributed by atoms with Gasteiger partial charge >= 0.3 is 0 Å². The Labute approximate surface area is 210 Å². The van der Waals surface area contributed by atoms with Crippen molar-refractivity contribution in [3.63, 3.8) is 0 Å². The number of benzene rings is 1. The van der Waals surface area contributed by atoms with E-state index in [4.69, 9.17) is 14.2 Å². The predicted octanol–water partition coefficient (Wildman–Crippen LogP) is 4.06. The maximum atomic E-state index is 13.1. The summed E-state index contributed by atoms with van der Waals surface area (Å²) in [5.74, 6) is 1.79. The fourth-order valence-corrected chi connectivity index (χ4v) is 4.99. The number of nitrogens with one attached hydrogen (secondary N) is 1. The third-order valence-electron chi connectivity index (χ3n) is 5.73. The van der Waals surface area contributed by atoms with Gasteiger partial charge in [0.15, 0.2) is 11.5 Å². The summed E-state index contributed by atoms with van der Waals surface area (Å²) in [6, 6.07) is 7.74. The van der Waals surface area contributed by atoms with E-state index in [1.165, 1.54) is 11.3 Å². The smallest absolute Gasteiger partial charge is 0.225 e. The maximum Gasteiger partial charge on any atom is 0.225 e. The van der Waals surface area contributed by atoms with Gasteiger partial charge in [0.05, 0.1) is 25.7 Å². The van der Waals surface area contributed by atoms with Crippen molar-refractivity contribution in [3.05, 3.63) is 42.2 Å². The van der Waals surface area contributed by atoms with Gasteiger partial charge in [-0.05, 0) is 63.4 Å². The normalized spacial score (nSPS) is 15.6. The van der Waals surface area contributed by atoms with Gasteiger partial charge in [0, 0.05) is 32.0 Å². The van der Waals surface area contributed by atoms with Gasteiger partial charge in [-0.3, -0.25) is 9.36 Å². The van der Waals surface area contributed by atoms with Gasteiger partial charge < -0.3 is 24.4 Å². The molecular weight excluding hydrogens is 466 g/mol. The lowest BCUT2D eigenvalue weighted by atomic mass is 9.97. The number of aromatic nitrogens is 3. The zero-order valence-electron chi connectivity index (χ0n) is 20.5. The number of carbonyl (C=O) groups is 1. The first-order chi connectivity index (χ1) is 17.1. The molecule has 0 unspecified atom stereocenters. The monoisotopic (exact) mass is 499 g/mol. The third-order valence-corrected chi connectivity index (χ3v) is 6.72. The molecule has 1 atom stereocenters. The van der Waals surface area contributed by atoms with Crippen molar-refractivity contribution >= 4 is 22.4 Å². The van der Waals surface area contributed by atoms with Crippen LogP contribution in [0.2, 0.25) is 0 Å². The molecule has 0 spiro atoms. The van der Waals surface area contributed by atoms with Crippen molar-refractivity contribution in [2.24, 2.45) is 5.92 Å². The van der Waals surface area contributed by atoms with Gasteiger partial charge in [-0.2, -0.15) is 0 Å². The molecule has 0 saturated carbocycles. The number of nitrogens with zero attached hydrogens (tertiary/aromatic N) is 4. The average Bonchev–Trinajstić information content (AvgIpc) is 3.57. The minimum Gasteiger partial charge on any atom is -0.490 e. The number of ether oxygens (including phenoxy) is 3. The number of rotatable bonds is 11. The van der Waals surface area contributed by atoms with Gasteiger partial charge in [0.25, 0.3) is 0 Å². The van der Waals surface area contributed by atoms with E-state index in [0.717, 1.165) is 35.2 Å². The van der Waals surface area contributed by atoms with Crippen LogP contribution in [0.4, 0.5) is 5.13 Å². The molecule has 1 aliphatic rings. The molecule has 3 aromatic rings. The van der Waals surface area contributed by atoms with Crippen molar-refractivity contribution in [1.29, 1.82) is 0 Å². The molecule has 1 aromatic carbocycles. The first-order valence-electron chi connectivity index (χ1n) is 12.2. The van der Waals surface area contributed by atoms with Crippen LogP contribution in [-0.4, -0.2) is 53.6 Å². The minimum absolute atomic E-state index is 0.0367. The van der Waals surface area contributed by atoms with Crippen LogP contribution in [-0.2, 0) is 11.3 Å². The third kappa shape index (κ3) is 6.05. The van der Waals surface area contributed by atoms with E-state index >= 15 is 0 Å². The van der Waals surface area contributed by atoms with Crippen LogP contribution in [0.3, 0.4) is 0 Å². The quantitative estimate of drug-likeness (QED) is 0.425. The minimum atomic E-state index is -0.108. The molecule has 1 fully saturated rings. The number of hydrogen-bond acceptors (Lipinski definition) is 8. The highest BCUT2D eigenvalue weighted by Gasteiger charge is 2.28. The molecule has 35 heavy (non-hydrogen) atoms. The molecule has 1 amide bonds. The topological polar surface area (TPSA) is 90.7 Å². The van der Waals surface area contributed by atoms with Crippen LogP contribution < -0.4 is 24.4 Å². The van der Waals surface area contributed by atoms with E-state index in [1.807, 2.05) is 62.0 Å². The highest BCUT2D eigenvalue weighted by atomic mass is 32.1. The lowest BCUT2D eigenvalue weighted by Crippen LogP contribution is -2.43. The SMILES string of the molecule is CCOc1cc(CNC(=O)[C@H]2CCCN(c3nnc(-n4cccc4)s3)C2)cc(OCC)c1OCC.